The van der Waals surface area contributed by atoms with Crippen LogP contribution in [0.5, 0.6) is 11.5 Å². The molecule has 1 amide bonds. The first-order valence-corrected chi connectivity index (χ1v) is 12.5. The maximum Gasteiger partial charge on any atom is 0.300 e. The van der Waals surface area contributed by atoms with Gasteiger partial charge in [0.15, 0.2) is 0 Å². The van der Waals surface area contributed by atoms with Gasteiger partial charge in [-0.3, -0.25) is 14.5 Å². The molecule has 1 unspecified atom stereocenters. The molecule has 3 aromatic rings. The average Bonchev–Trinajstić information content (AvgIpc) is 3.14. The van der Waals surface area contributed by atoms with E-state index in [9.17, 15) is 14.7 Å². The highest BCUT2D eigenvalue weighted by molar-refractivity contribution is 6.51. The van der Waals surface area contributed by atoms with Gasteiger partial charge in [0.25, 0.3) is 11.7 Å². The highest BCUT2D eigenvalue weighted by Gasteiger charge is 2.47. The van der Waals surface area contributed by atoms with E-state index in [-0.39, 0.29) is 11.3 Å². The lowest BCUT2D eigenvalue weighted by molar-refractivity contribution is -0.132. The van der Waals surface area contributed by atoms with Crippen molar-refractivity contribution in [3.8, 4) is 11.5 Å². The molecule has 1 saturated heterocycles. The number of methoxy groups -OCH3 is 1. The Bertz CT molecular complexity index is 1370. The number of benzene rings is 3. The summed E-state index contributed by atoms with van der Waals surface area (Å²) in [7, 11) is 1.52. The normalized spacial score (nSPS) is 16.9. The summed E-state index contributed by atoms with van der Waals surface area (Å²) >= 11 is 0. The van der Waals surface area contributed by atoms with Crippen LogP contribution in [0.3, 0.4) is 0 Å². The highest BCUT2D eigenvalue weighted by Crippen LogP contribution is 2.44. The van der Waals surface area contributed by atoms with Crippen LogP contribution in [0.2, 0.25) is 0 Å². The maximum atomic E-state index is 13.6. The highest BCUT2D eigenvalue weighted by atomic mass is 16.5. The van der Waals surface area contributed by atoms with Crippen molar-refractivity contribution in [1.29, 1.82) is 0 Å². The van der Waals surface area contributed by atoms with Crippen LogP contribution in [0.15, 0.2) is 66.2 Å². The SMILES string of the molecule is CCOc1cccc(N2C(=O)C(=O)/C(=C(/O)c3cc(C)cc(C)c3OC)C2c2ccc(C(C)C)cc2)c1. The monoisotopic (exact) mass is 499 g/mol. The summed E-state index contributed by atoms with van der Waals surface area (Å²) in [6, 6.07) is 17.8. The van der Waals surface area contributed by atoms with Crippen molar-refractivity contribution < 1.29 is 24.2 Å². The van der Waals surface area contributed by atoms with Gasteiger partial charge < -0.3 is 14.6 Å². The molecule has 0 radical (unpaired) electrons. The number of Topliss-reactive ketones (excluding diaryl/α,β-unsaturated/α-hetero) is 1. The van der Waals surface area contributed by atoms with Gasteiger partial charge in [0, 0.05) is 11.8 Å². The van der Waals surface area contributed by atoms with E-state index < -0.39 is 17.7 Å². The predicted molar refractivity (Wildman–Crippen MR) is 145 cm³/mol. The van der Waals surface area contributed by atoms with Crippen LogP contribution in [0.25, 0.3) is 5.76 Å². The Balaban J connectivity index is 1.98. The molecule has 0 spiro atoms. The zero-order chi connectivity index (χ0) is 26.9. The molecule has 37 heavy (non-hydrogen) atoms. The smallest absolute Gasteiger partial charge is 0.300 e. The lowest BCUT2D eigenvalue weighted by atomic mass is 9.92. The quantitative estimate of drug-likeness (QED) is 0.229. The van der Waals surface area contributed by atoms with Gasteiger partial charge in [-0.2, -0.15) is 0 Å². The van der Waals surface area contributed by atoms with Crippen LogP contribution in [-0.2, 0) is 9.59 Å². The third-order valence-electron chi connectivity index (χ3n) is 6.65. The topological polar surface area (TPSA) is 76.1 Å². The number of aliphatic hydroxyl groups is 1. The Labute approximate surface area is 218 Å². The minimum atomic E-state index is -0.830. The second-order valence-electron chi connectivity index (χ2n) is 9.58. The standard InChI is InChI=1S/C31H33NO5/c1-7-37-24-10-8-9-23(17-24)32-27(22-13-11-21(12-14-22)18(2)3)26(29(34)31(32)35)28(33)25-16-19(4)15-20(5)30(25)36-6/h8-18,27,33H,7H2,1-6H3/b28-26+. The number of nitrogens with zero attached hydrogens (tertiary/aromatic N) is 1. The Morgan fingerprint density at radius 2 is 1.73 bits per heavy atom. The van der Waals surface area contributed by atoms with Crippen LogP contribution in [-0.4, -0.2) is 30.5 Å². The van der Waals surface area contributed by atoms with E-state index in [0.29, 0.717) is 35.3 Å². The first-order valence-electron chi connectivity index (χ1n) is 12.5. The molecule has 1 atom stereocenters. The summed E-state index contributed by atoms with van der Waals surface area (Å²) < 4.78 is 11.2. The van der Waals surface area contributed by atoms with Crippen LogP contribution in [0.4, 0.5) is 5.69 Å². The molecule has 192 valence electrons. The van der Waals surface area contributed by atoms with Gasteiger partial charge in [0.1, 0.15) is 17.3 Å². The fourth-order valence-electron chi connectivity index (χ4n) is 4.91. The van der Waals surface area contributed by atoms with Gasteiger partial charge in [-0.05, 0) is 67.1 Å². The molecule has 0 bridgehead atoms. The van der Waals surface area contributed by atoms with Gasteiger partial charge in [0.05, 0.1) is 30.9 Å². The fraction of sp³-hybridized carbons (Fsp3) is 0.290. The molecule has 0 saturated carbocycles. The average molecular weight is 500 g/mol. The number of anilines is 1. The molecule has 4 rings (SSSR count). The number of aryl methyl sites for hydroxylation is 2. The number of ether oxygens (including phenoxy) is 2. The van der Waals surface area contributed by atoms with Crippen molar-refractivity contribution in [2.45, 2.75) is 46.6 Å². The van der Waals surface area contributed by atoms with E-state index in [2.05, 4.69) is 13.8 Å². The van der Waals surface area contributed by atoms with E-state index >= 15 is 0 Å². The van der Waals surface area contributed by atoms with Gasteiger partial charge in [-0.15, -0.1) is 0 Å². The third kappa shape index (κ3) is 4.84. The Morgan fingerprint density at radius 1 is 1.03 bits per heavy atom. The molecule has 1 aliphatic heterocycles. The predicted octanol–water partition coefficient (Wildman–Crippen LogP) is 6.46. The maximum absolute atomic E-state index is 13.6. The Hall–Kier alpha value is -4.06. The number of rotatable bonds is 7. The van der Waals surface area contributed by atoms with Crippen molar-refractivity contribution in [2.75, 3.05) is 18.6 Å². The number of hydrogen-bond acceptors (Lipinski definition) is 5. The Kier molecular flexibility index (Phi) is 7.39. The largest absolute Gasteiger partial charge is 0.507 e. The summed E-state index contributed by atoms with van der Waals surface area (Å²) in [5.74, 6) is -0.352. The zero-order valence-corrected chi connectivity index (χ0v) is 22.2. The lowest BCUT2D eigenvalue weighted by Crippen LogP contribution is -2.29. The van der Waals surface area contributed by atoms with Crippen LogP contribution >= 0.6 is 0 Å². The molecular weight excluding hydrogens is 466 g/mol. The van der Waals surface area contributed by atoms with Crippen LogP contribution in [0, 0.1) is 13.8 Å². The molecule has 6 nitrogen and oxygen atoms in total. The first kappa shape index (κ1) is 26.0. The number of aliphatic hydroxyl groups excluding tert-OH is 1. The lowest BCUT2D eigenvalue weighted by Gasteiger charge is -2.26. The molecule has 0 aliphatic carbocycles. The Morgan fingerprint density at radius 3 is 2.35 bits per heavy atom. The second kappa shape index (κ2) is 10.5. The van der Waals surface area contributed by atoms with Crippen molar-refractivity contribution in [3.05, 3.63) is 94.1 Å². The summed E-state index contributed by atoms with van der Waals surface area (Å²) in [6.45, 7) is 10.3. The van der Waals surface area contributed by atoms with E-state index in [1.807, 2.05) is 51.1 Å². The third-order valence-corrected chi connectivity index (χ3v) is 6.65. The van der Waals surface area contributed by atoms with Crippen molar-refractivity contribution in [1.82, 2.24) is 0 Å². The molecule has 3 aromatic carbocycles. The number of ketones is 1. The van der Waals surface area contributed by atoms with Crippen molar-refractivity contribution >= 4 is 23.1 Å². The zero-order valence-electron chi connectivity index (χ0n) is 22.2. The van der Waals surface area contributed by atoms with Gasteiger partial charge in [0.2, 0.25) is 0 Å². The number of carbonyl (C=O) groups excluding carboxylic acids is 2. The number of carbonyl (C=O) groups is 2. The number of hydrogen-bond donors (Lipinski definition) is 1. The van der Waals surface area contributed by atoms with Gasteiger partial charge in [-0.1, -0.05) is 50.2 Å². The summed E-state index contributed by atoms with van der Waals surface area (Å²) in [6.07, 6.45) is 0. The van der Waals surface area contributed by atoms with Crippen molar-refractivity contribution in [2.24, 2.45) is 0 Å². The minimum Gasteiger partial charge on any atom is -0.507 e. The summed E-state index contributed by atoms with van der Waals surface area (Å²) in [4.78, 5) is 28.5. The molecular formula is C31H33NO5. The molecule has 1 fully saturated rings. The van der Waals surface area contributed by atoms with Crippen molar-refractivity contribution in [3.63, 3.8) is 0 Å². The molecule has 1 aliphatic rings. The minimum absolute atomic E-state index is 0.0207. The number of amides is 1. The fourth-order valence-corrected chi connectivity index (χ4v) is 4.91. The molecule has 1 N–H and O–H groups in total. The van der Waals surface area contributed by atoms with Gasteiger partial charge >= 0.3 is 0 Å². The van der Waals surface area contributed by atoms with Crippen LogP contribution in [0.1, 0.15) is 60.5 Å². The van der Waals surface area contributed by atoms with Crippen LogP contribution < -0.4 is 14.4 Å². The molecule has 1 heterocycles. The summed E-state index contributed by atoms with van der Waals surface area (Å²) in [5, 5.41) is 11.6. The van der Waals surface area contributed by atoms with E-state index in [0.717, 1.165) is 22.3 Å². The van der Waals surface area contributed by atoms with E-state index in [4.69, 9.17) is 9.47 Å². The first-order chi connectivity index (χ1) is 17.7. The van der Waals surface area contributed by atoms with E-state index in [1.54, 1.807) is 30.3 Å². The van der Waals surface area contributed by atoms with E-state index in [1.165, 1.54) is 12.0 Å². The van der Waals surface area contributed by atoms with Gasteiger partial charge in [-0.25, -0.2) is 0 Å². The molecule has 0 aromatic heterocycles. The summed E-state index contributed by atoms with van der Waals surface area (Å²) in [5.41, 5.74) is 4.48. The molecule has 6 heteroatoms. The second-order valence-corrected chi connectivity index (χ2v) is 9.58.